The number of nitrogens with one attached hydrogen (secondary N) is 1. The van der Waals surface area contributed by atoms with Crippen LogP contribution in [0.3, 0.4) is 0 Å². The van der Waals surface area contributed by atoms with Crippen LogP contribution in [0.4, 0.5) is 0 Å². The first-order valence-corrected chi connectivity index (χ1v) is 32.6. The number of hydrogen-bond acceptors (Lipinski definition) is 6. The molecule has 0 fully saturated rings. The largest absolute Gasteiger partial charge is 0.494 e. The molecule has 0 spiro atoms. The summed E-state index contributed by atoms with van der Waals surface area (Å²) in [6.45, 7) is 11.8. The topological polar surface area (TPSA) is 83.4 Å². The lowest BCUT2D eigenvalue weighted by Crippen LogP contribution is -2.00. The zero-order chi connectivity index (χ0) is 58.0. The van der Waals surface area contributed by atoms with E-state index in [9.17, 15) is 0 Å². The number of hydrogen-bond donors (Lipinski definition) is 1. The van der Waals surface area contributed by atoms with Gasteiger partial charge in [0.25, 0.3) is 0 Å². The number of ether oxygens (including phenoxy) is 4. The quantitative estimate of drug-likeness (QED) is 0.0394. The summed E-state index contributed by atoms with van der Waals surface area (Å²) < 4.78 is 28.4. The van der Waals surface area contributed by atoms with Crippen LogP contribution in [0.1, 0.15) is 205 Å². The molecular weight excluding hydrogens is 1030 g/mol. The van der Waals surface area contributed by atoms with E-state index in [0.717, 1.165) is 133 Å². The Morgan fingerprint density at radius 2 is 0.679 bits per heavy atom. The fourth-order valence-electron chi connectivity index (χ4n) is 11.6. The van der Waals surface area contributed by atoms with Gasteiger partial charge in [0.1, 0.15) is 23.0 Å². The van der Waals surface area contributed by atoms with Crippen molar-refractivity contribution in [2.45, 2.75) is 182 Å². The molecule has 4 aromatic carbocycles. The summed E-state index contributed by atoms with van der Waals surface area (Å²) in [5.41, 5.74) is 14.6. The monoisotopic (exact) mass is 1130 g/mol. The second-order valence-corrected chi connectivity index (χ2v) is 23.1. The number of aromatic amines is 1. The Hall–Kier alpha value is -7.32. The van der Waals surface area contributed by atoms with E-state index in [1.54, 1.807) is 0 Å². The Kier molecular flexibility index (Phi) is 24.2. The Bertz CT molecular complexity index is 3330. The highest BCUT2D eigenvalue weighted by Crippen LogP contribution is 2.48. The lowest BCUT2D eigenvalue weighted by atomic mass is 9.93. The molecule has 2 aliphatic rings. The molecule has 2 aliphatic heterocycles. The maximum absolute atomic E-state index is 6.50. The molecular formula is C76H94N4O4. The van der Waals surface area contributed by atoms with Crippen molar-refractivity contribution >= 4 is 46.4 Å². The van der Waals surface area contributed by atoms with Gasteiger partial charge >= 0.3 is 0 Å². The van der Waals surface area contributed by atoms with E-state index in [1.807, 2.05) is 0 Å². The van der Waals surface area contributed by atoms with Crippen LogP contribution in [-0.4, -0.2) is 45.9 Å². The van der Waals surface area contributed by atoms with E-state index >= 15 is 0 Å². The van der Waals surface area contributed by atoms with Crippen molar-refractivity contribution in [2.24, 2.45) is 0 Å². The average Bonchev–Trinajstić information content (AvgIpc) is 4.27. The van der Waals surface area contributed by atoms with Crippen LogP contribution in [0.25, 0.3) is 85.4 Å². The molecule has 8 bridgehead atoms. The van der Waals surface area contributed by atoms with E-state index in [0.29, 0.717) is 26.4 Å². The van der Waals surface area contributed by atoms with E-state index in [1.165, 1.54) is 128 Å². The van der Waals surface area contributed by atoms with Crippen molar-refractivity contribution in [1.82, 2.24) is 19.5 Å². The molecule has 7 aromatic rings. The molecule has 84 heavy (non-hydrogen) atoms. The summed E-state index contributed by atoms with van der Waals surface area (Å²) in [5.74, 6) is 3.46. The first kappa shape index (κ1) is 61.2. The van der Waals surface area contributed by atoms with Gasteiger partial charge in [-0.3, -0.25) is 0 Å². The Labute approximate surface area is 502 Å². The first-order chi connectivity index (χ1) is 41.5. The van der Waals surface area contributed by atoms with E-state index < -0.39 is 0 Å². The van der Waals surface area contributed by atoms with Gasteiger partial charge in [-0.25, -0.2) is 9.97 Å². The van der Waals surface area contributed by atoms with Gasteiger partial charge in [0.15, 0.2) is 0 Å². The lowest BCUT2D eigenvalue weighted by molar-refractivity contribution is 0.304. The minimum Gasteiger partial charge on any atom is -0.494 e. The fourth-order valence-corrected chi connectivity index (χ4v) is 11.6. The highest BCUT2D eigenvalue weighted by Gasteiger charge is 2.26. The maximum atomic E-state index is 6.50. The normalized spacial score (nSPS) is 11.9. The molecule has 442 valence electrons. The highest BCUT2D eigenvalue weighted by molar-refractivity contribution is 6.11. The zero-order valence-corrected chi connectivity index (χ0v) is 51.2. The highest BCUT2D eigenvalue weighted by atomic mass is 16.5. The molecule has 0 radical (unpaired) electrons. The van der Waals surface area contributed by atoms with Gasteiger partial charge in [-0.2, -0.15) is 0 Å². The van der Waals surface area contributed by atoms with Crippen LogP contribution in [0.2, 0.25) is 0 Å². The zero-order valence-electron chi connectivity index (χ0n) is 51.2. The molecule has 0 amide bonds. The number of benzene rings is 4. The van der Waals surface area contributed by atoms with E-state index in [4.69, 9.17) is 28.9 Å². The fraction of sp³-hybridized carbons (Fsp3) is 0.421. The molecule has 5 heterocycles. The molecule has 0 saturated carbocycles. The van der Waals surface area contributed by atoms with Crippen molar-refractivity contribution in [3.05, 3.63) is 150 Å². The van der Waals surface area contributed by atoms with Gasteiger partial charge in [-0.1, -0.05) is 193 Å². The van der Waals surface area contributed by atoms with Crippen molar-refractivity contribution in [3.63, 3.8) is 0 Å². The van der Waals surface area contributed by atoms with Crippen molar-refractivity contribution in [3.8, 4) is 62.1 Å². The number of fused-ring (bicyclic) bond motifs is 8. The average molecular weight is 1130 g/mol. The summed E-state index contributed by atoms with van der Waals surface area (Å²) in [6.07, 6.45) is 37.7. The minimum absolute atomic E-state index is 0.689. The predicted octanol–water partition coefficient (Wildman–Crippen LogP) is 22.1. The number of nitrogens with zero attached hydrogens (tertiary/aromatic N) is 3. The van der Waals surface area contributed by atoms with Gasteiger partial charge in [0.05, 0.1) is 60.2 Å². The van der Waals surface area contributed by atoms with Gasteiger partial charge in [-0.05, 0) is 158 Å². The van der Waals surface area contributed by atoms with Crippen molar-refractivity contribution in [1.29, 1.82) is 0 Å². The third kappa shape index (κ3) is 17.6. The lowest BCUT2D eigenvalue weighted by Gasteiger charge is -2.15. The standard InChI is InChI=1S/C76H94N4O4/c1-5-9-13-17-21-25-51-81-67-42-29-58(30-43-67)73-71-50-39-64(79-71)56-63-36-35-61(77-63)55-62-37-38-65(78-62)57-72-74(59-31-44-68(45-32-59)82-52-26-22-18-14-10-6-2)75(60-33-46-69(47-34-60)83-53-27-23-19-15-11-7-3)76(73)80(72)66-40-48-70(49-41-66)84-54-28-24-20-16-12-8-4/h29-50,55-57,77H,5-28,51-54H2,1-4H3. The number of H-pyrrole nitrogens is 1. The molecule has 8 nitrogen and oxygen atoms in total. The van der Waals surface area contributed by atoms with Crippen LogP contribution in [0.5, 0.6) is 23.0 Å². The molecule has 8 heteroatoms. The number of unbranched alkanes of at least 4 members (excludes halogenated alkanes) is 20. The van der Waals surface area contributed by atoms with Crippen molar-refractivity contribution < 1.29 is 18.9 Å². The second kappa shape index (κ2) is 33.2. The van der Waals surface area contributed by atoms with Crippen LogP contribution < -0.4 is 18.9 Å². The number of aromatic nitrogens is 4. The van der Waals surface area contributed by atoms with Gasteiger partial charge in [0, 0.05) is 33.4 Å². The Morgan fingerprint density at radius 1 is 0.333 bits per heavy atom. The van der Waals surface area contributed by atoms with Crippen molar-refractivity contribution in [2.75, 3.05) is 26.4 Å². The Morgan fingerprint density at radius 3 is 1.11 bits per heavy atom. The molecule has 0 aliphatic carbocycles. The Balaban J connectivity index is 1.27. The molecule has 0 saturated heterocycles. The smallest absolute Gasteiger partial charge is 0.119 e. The second-order valence-electron chi connectivity index (χ2n) is 23.1. The molecule has 1 N–H and O–H groups in total. The molecule has 0 atom stereocenters. The number of rotatable bonds is 36. The van der Waals surface area contributed by atoms with Gasteiger partial charge in [-0.15, -0.1) is 0 Å². The van der Waals surface area contributed by atoms with Crippen LogP contribution in [0, 0.1) is 0 Å². The summed E-state index contributed by atoms with van der Waals surface area (Å²) in [7, 11) is 0. The van der Waals surface area contributed by atoms with Crippen LogP contribution >= 0.6 is 0 Å². The molecule has 0 unspecified atom stereocenters. The van der Waals surface area contributed by atoms with Crippen LogP contribution in [0.15, 0.2) is 127 Å². The maximum Gasteiger partial charge on any atom is 0.119 e. The summed E-state index contributed by atoms with van der Waals surface area (Å²) in [4.78, 5) is 14.5. The summed E-state index contributed by atoms with van der Waals surface area (Å²) >= 11 is 0. The molecule has 9 rings (SSSR count). The third-order valence-corrected chi connectivity index (χ3v) is 16.3. The summed E-state index contributed by atoms with van der Waals surface area (Å²) in [5, 5.41) is 0. The third-order valence-electron chi connectivity index (χ3n) is 16.3. The van der Waals surface area contributed by atoms with Crippen LogP contribution in [-0.2, 0) is 0 Å². The minimum atomic E-state index is 0.689. The predicted molar refractivity (Wildman–Crippen MR) is 356 cm³/mol. The SMILES string of the molecule is CCCCCCCCOc1ccc(-c2c(-c3ccc(OCCCCCCCC)cc3)c3c(-c4ccc(OCCCCCCCC)cc4)c4nc(cc5ccc(cc6nc(cc2n3-c2ccc(OCCCCCCCC)cc2)C=C6)[nH]5)C=C4)cc1. The van der Waals surface area contributed by atoms with Gasteiger partial charge < -0.3 is 28.5 Å². The van der Waals surface area contributed by atoms with E-state index in [2.05, 4.69) is 189 Å². The first-order valence-electron chi connectivity index (χ1n) is 32.6. The summed E-state index contributed by atoms with van der Waals surface area (Å²) in [6, 6.07) is 45.7. The van der Waals surface area contributed by atoms with Gasteiger partial charge in [0.2, 0.25) is 0 Å². The molecule has 3 aromatic heterocycles. The van der Waals surface area contributed by atoms with E-state index in [-0.39, 0.29) is 0 Å².